The standard InChI is InChI=1S/C25H38N4O3/c1-18-4-6-19(7-5-18)16-28(17-22-3-2-14-32-22)21-10-13-29(25(31)20-8-9-20)23(15-21)24(30)27-12-11-26/h4-7,20-23H,2-3,8-17,26H2,1H3,(H,27,30)/t21?,22?,23-/m1/s1. The third-order valence-electron chi connectivity index (χ3n) is 7.02. The number of hydrogen-bond acceptors (Lipinski definition) is 5. The van der Waals surface area contributed by atoms with Crippen molar-refractivity contribution in [3.8, 4) is 0 Å². The van der Waals surface area contributed by atoms with Gasteiger partial charge in [-0.2, -0.15) is 0 Å². The highest BCUT2D eigenvalue weighted by Crippen LogP contribution is 2.34. The lowest BCUT2D eigenvalue weighted by molar-refractivity contribution is -0.145. The molecule has 3 aliphatic rings. The predicted molar refractivity (Wildman–Crippen MR) is 124 cm³/mol. The smallest absolute Gasteiger partial charge is 0.242 e. The number of benzene rings is 1. The minimum Gasteiger partial charge on any atom is -0.377 e. The molecule has 7 nitrogen and oxygen atoms in total. The summed E-state index contributed by atoms with van der Waals surface area (Å²) in [7, 11) is 0. The minimum absolute atomic E-state index is 0.0680. The second kappa shape index (κ2) is 10.8. The first kappa shape index (κ1) is 23.2. The fraction of sp³-hybridized carbons (Fsp3) is 0.680. The Hall–Kier alpha value is -1.96. The van der Waals surface area contributed by atoms with Crippen molar-refractivity contribution in [1.29, 1.82) is 0 Å². The van der Waals surface area contributed by atoms with Gasteiger partial charge in [0.1, 0.15) is 6.04 Å². The average molecular weight is 443 g/mol. The first-order chi connectivity index (χ1) is 15.5. The van der Waals surface area contributed by atoms with Gasteiger partial charge < -0.3 is 20.7 Å². The highest BCUT2D eigenvalue weighted by molar-refractivity contribution is 5.89. The molecule has 2 aliphatic heterocycles. The molecule has 1 aromatic rings. The number of likely N-dealkylation sites (tertiary alicyclic amines) is 1. The monoisotopic (exact) mass is 442 g/mol. The molecule has 2 amide bonds. The van der Waals surface area contributed by atoms with Gasteiger partial charge >= 0.3 is 0 Å². The Kier molecular flexibility index (Phi) is 7.81. The van der Waals surface area contributed by atoms with E-state index in [-0.39, 0.29) is 29.9 Å². The normalized spacial score (nSPS) is 25.8. The van der Waals surface area contributed by atoms with E-state index < -0.39 is 6.04 Å². The molecule has 3 N–H and O–H groups in total. The number of nitrogens with zero attached hydrogens (tertiary/aromatic N) is 2. The number of carbonyl (C=O) groups excluding carboxylic acids is 2. The highest BCUT2D eigenvalue weighted by atomic mass is 16.5. The van der Waals surface area contributed by atoms with Gasteiger partial charge in [0.05, 0.1) is 6.10 Å². The summed E-state index contributed by atoms with van der Waals surface area (Å²) < 4.78 is 5.96. The maximum atomic E-state index is 13.0. The van der Waals surface area contributed by atoms with Crippen LogP contribution in [0.25, 0.3) is 0 Å². The van der Waals surface area contributed by atoms with Gasteiger partial charge in [0.15, 0.2) is 0 Å². The second-order valence-electron chi connectivity index (χ2n) is 9.63. The van der Waals surface area contributed by atoms with Crippen LogP contribution >= 0.6 is 0 Å². The van der Waals surface area contributed by atoms with Crippen molar-refractivity contribution in [3.63, 3.8) is 0 Å². The molecule has 32 heavy (non-hydrogen) atoms. The van der Waals surface area contributed by atoms with E-state index in [9.17, 15) is 9.59 Å². The van der Waals surface area contributed by atoms with Crippen LogP contribution in [0.1, 0.15) is 49.7 Å². The molecule has 3 atom stereocenters. The van der Waals surface area contributed by atoms with Crippen LogP contribution in [0, 0.1) is 12.8 Å². The minimum atomic E-state index is -0.418. The van der Waals surface area contributed by atoms with Crippen molar-refractivity contribution >= 4 is 11.8 Å². The lowest BCUT2D eigenvalue weighted by atomic mass is 9.93. The maximum Gasteiger partial charge on any atom is 0.242 e. The number of aryl methyl sites for hydroxylation is 1. The molecule has 176 valence electrons. The molecule has 0 radical (unpaired) electrons. The molecule has 3 fully saturated rings. The van der Waals surface area contributed by atoms with Gasteiger partial charge in [-0.15, -0.1) is 0 Å². The molecule has 7 heteroatoms. The van der Waals surface area contributed by atoms with Gasteiger partial charge in [0, 0.05) is 51.3 Å². The molecule has 2 unspecified atom stereocenters. The van der Waals surface area contributed by atoms with Crippen LogP contribution in [0.2, 0.25) is 0 Å². The van der Waals surface area contributed by atoms with Gasteiger partial charge in [-0.05, 0) is 51.0 Å². The molecule has 1 saturated carbocycles. The highest BCUT2D eigenvalue weighted by Gasteiger charge is 2.43. The Morgan fingerprint density at radius 3 is 2.62 bits per heavy atom. The Morgan fingerprint density at radius 1 is 1.19 bits per heavy atom. The summed E-state index contributed by atoms with van der Waals surface area (Å²) in [5.74, 6) is 0.203. The van der Waals surface area contributed by atoms with Crippen LogP contribution in [-0.2, 0) is 20.9 Å². The van der Waals surface area contributed by atoms with Crippen molar-refractivity contribution in [1.82, 2.24) is 15.1 Å². The Morgan fingerprint density at radius 2 is 1.97 bits per heavy atom. The third-order valence-corrected chi connectivity index (χ3v) is 7.02. The summed E-state index contributed by atoms with van der Waals surface area (Å²) >= 11 is 0. The molecule has 1 aromatic carbocycles. The molecule has 0 spiro atoms. The first-order valence-electron chi connectivity index (χ1n) is 12.2. The number of hydrogen-bond donors (Lipinski definition) is 2. The number of amides is 2. The Labute approximate surface area is 191 Å². The number of piperidine rings is 1. The summed E-state index contributed by atoms with van der Waals surface area (Å²) in [5, 5.41) is 2.93. The predicted octanol–water partition coefficient (Wildman–Crippen LogP) is 1.82. The van der Waals surface area contributed by atoms with Crippen molar-refractivity contribution in [2.45, 2.75) is 70.2 Å². The Bertz CT molecular complexity index is 774. The zero-order chi connectivity index (χ0) is 22.5. The van der Waals surface area contributed by atoms with Gasteiger partial charge in [-0.1, -0.05) is 29.8 Å². The summed E-state index contributed by atoms with van der Waals surface area (Å²) in [6, 6.07) is 8.50. The largest absolute Gasteiger partial charge is 0.377 e. The van der Waals surface area contributed by atoms with Gasteiger partial charge in [-0.3, -0.25) is 14.5 Å². The topological polar surface area (TPSA) is 87.9 Å². The molecule has 2 heterocycles. The van der Waals surface area contributed by atoms with Gasteiger partial charge in [-0.25, -0.2) is 0 Å². The van der Waals surface area contributed by atoms with E-state index in [2.05, 4.69) is 41.4 Å². The SMILES string of the molecule is Cc1ccc(CN(CC2CCCO2)C2CCN(C(=O)C3CC3)[C@@H](C(=O)NCCN)C2)cc1. The van der Waals surface area contributed by atoms with Crippen molar-refractivity contribution < 1.29 is 14.3 Å². The molecule has 2 saturated heterocycles. The van der Waals surface area contributed by atoms with E-state index in [1.165, 1.54) is 11.1 Å². The number of nitrogens with one attached hydrogen (secondary N) is 1. The second-order valence-corrected chi connectivity index (χ2v) is 9.63. The van der Waals surface area contributed by atoms with Crippen LogP contribution in [0.5, 0.6) is 0 Å². The Balaban J connectivity index is 1.50. The van der Waals surface area contributed by atoms with E-state index >= 15 is 0 Å². The molecular weight excluding hydrogens is 404 g/mol. The zero-order valence-electron chi connectivity index (χ0n) is 19.3. The van der Waals surface area contributed by atoms with Crippen LogP contribution in [-0.4, -0.2) is 72.6 Å². The first-order valence-corrected chi connectivity index (χ1v) is 12.2. The molecule has 0 aromatic heterocycles. The summed E-state index contributed by atoms with van der Waals surface area (Å²) in [6.07, 6.45) is 5.90. The fourth-order valence-electron chi connectivity index (χ4n) is 4.99. The molecule has 4 rings (SSSR count). The van der Waals surface area contributed by atoms with Crippen LogP contribution in [0.3, 0.4) is 0 Å². The number of ether oxygens (including phenoxy) is 1. The summed E-state index contributed by atoms with van der Waals surface area (Å²) in [6.45, 7) is 6.11. The molecular formula is C25H38N4O3. The maximum absolute atomic E-state index is 13.0. The van der Waals surface area contributed by atoms with Gasteiger partial charge in [0.2, 0.25) is 11.8 Å². The van der Waals surface area contributed by atoms with E-state index in [0.717, 1.165) is 51.8 Å². The third kappa shape index (κ3) is 5.88. The lowest BCUT2D eigenvalue weighted by Gasteiger charge is -2.43. The average Bonchev–Trinajstić information content (AvgIpc) is 3.54. The molecule has 1 aliphatic carbocycles. The van der Waals surface area contributed by atoms with Crippen LogP contribution in [0.15, 0.2) is 24.3 Å². The van der Waals surface area contributed by atoms with Crippen LogP contribution in [0.4, 0.5) is 0 Å². The van der Waals surface area contributed by atoms with Crippen molar-refractivity contribution in [2.24, 2.45) is 11.7 Å². The molecule has 0 bridgehead atoms. The van der Waals surface area contributed by atoms with Crippen molar-refractivity contribution in [3.05, 3.63) is 35.4 Å². The summed E-state index contributed by atoms with van der Waals surface area (Å²) in [5.41, 5.74) is 8.13. The number of nitrogens with two attached hydrogens (primary N) is 1. The quantitative estimate of drug-likeness (QED) is 0.609. The van der Waals surface area contributed by atoms with Gasteiger partial charge in [0.25, 0.3) is 0 Å². The van der Waals surface area contributed by atoms with Crippen molar-refractivity contribution in [2.75, 3.05) is 32.8 Å². The van der Waals surface area contributed by atoms with E-state index in [4.69, 9.17) is 10.5 Å². The van der Waals surface area contributed by atoms with E-state index in [1.54, 1.807) is 0 Å². The fourth-order valence-corrected chi connectivity index (χ4v) is 4.99. The van der Waals surface area contributed by atoms with E-state index in [0.29, 0.717) is 26.1 Å². The zero-order valence-corrected chi connectivity index (χ0v) is 19.3. The number of rotatable bonds is 9. The lowest BCUT2D eigenvalue weighted by Crippen LogP contribution is -2.58. The summed E-state index contributed by atoms with van der Waals surface area (Å²) in [4.78, 5) is 30.3. The van der Waals surface area contributed by atoms with E-state index in [1.807, 2.05) is 4.90 Å². The number of carbonyl (C=O) groups is 2. The van der Waals surface area contributed by atoms with Crippen LogP contribution < -0.4 is 11.1 Å².